The van der Waals surface area contributed by atoms with Crippen LogP contribution in [0.4, 0.5) is 15.8 Å². The fraction of sp³-hybridized carbons (Fsp3) is 0.167. The summed E-state index contributed by atoms with van der Waals surface area (Å²) in [5.41, 5.74) is 0.638. The van der Waals surface area contributed by atoms with Crippen molar-refractivity contribution in [1.82, 2.24) is 4.98 Å². The van der Waals surface area contributed by atoms with Crippen molar-refractivity contribution in [3.8, 4) is 5.75 Å². The van der Waals surface area contributed by atoms with Gasteiger partial charge in [-0.1, -0.05) is 12.1 Å². The first kappa shape index (κ1) is 13.3. The molecule has 1 aromatic heterocycles. The highest BCUT2D eigenvalue weighted by Crippen LogP contribution is 2.40. The Labute approximate surface area is 122 Å². The maximum atomic E-state index is 11.2. The van der Waals surface area contributed by atoms with E-state index in [0.717, 1.165) is 17.5 Å². The Balaban J connectivity index is 2.03. The first-order valence-electron chi connectivity index (χ1n) is 5.92. The fourth-order valence-electron chi connectivity index (χ4n) is 2.01. The van der Waals surface area contributed by atoms with E-state index < -0.39 is 17.0 Å². The second-order valence-electron chi connectivity index (χ2n) is 4.26. The summed E-state index contributed by atoms with van der Waals surface area (Å²) in [6.07, 6.45) is 0.108. The minimum atomic E-state index is -1.10. The third-order valence-electron chi connectivity index (χ3n) is 2.94. The maximum absolute atomic E-state index is 11.2. The van der Waals surface area contributed by atoms with E-state index in [1.807, 2.05) is 0 Å². The van der Waals surface area contributed by atoms with Gasteiger partial charge in [-0.15, -0.1) is 0 Å². The van der Waals surface area contributed by atoms with Gasteiger partial charge in [0.1, 0.15) is 11.9 Å². The van der Waals surface area contributed by atoms with Crippen molar-refractivity contribution >= 4 is 33.1 Å². The number of carbonyl (C=O) groups is 1. The van der Waals surface area contributed by atoms with Crippen molar-refractivity contribution in [2.24, 2.45) is 0 Å². The molecule has 0 amide bonds. The van der Waals surface area contributed by atoms with Crippen LogP contribution in [0.2, 0.25) is 0 Å². The minimum Gasteiger partial charge on any atom is -0.478 e. The Hall–Kier alpha value is -2.68. The molecule has 0 aliphatic carbocycles. The lowest BCUT2D eigenvalue weighted by Crippen LogP contribution is -2.42. The van der Waals surface area contributed by atoms with Gasteiger partial charge in [-0.05, 0) is 23.5 Å². The standard InChI is InChI=1S/C12H9N3O5S/c16-11(17)9-6-14(7-3-1-2-4-8(7)20-9)12-13-5-10(21-12)15(18)19/h1-5,9H,6H2,(H,16,17). The first-order chi connectivity index (χ1) is 10.1. The summed E-state index contributed by atoms with van der Waals surface area (Å²) in [7, 11) is 0. The van der Waals surface area contributed by atoms with Crippen LogP contribution >= 0.6 is 11.3 Å². The van der Waals surface area contributed by atoms with Crippen LogP contribution in [0.15, 0.2) is 30.5 Å². The number of hydrogen-bond donors (Lipinski definition) is 1. The summed E-state index contributed by atoms with van der Waals surface area (Å²) < 4.78 is 5.40. The highest BCUT2D eigenvalue weighted by atomic mass is 32.1. The summed E-state index contributed by atoms with van der Waals surface area (Å²) in [5.74, 6) is -0.686. The van der Waals surface area contributed by atoms with Crippen LogP contribution in [0.5, 0.6) is 5.75 Å². The van der Waals surface area contributed by atoms with E-state index in [1.165, 1.54) is 0 Å². The summed E-state index contributed by atoms with van der Waals surface area (Å²) in [6.45, 7) is 0.0387. The molecule has 1 N–H and O–H groups in total. The molecule has 3 rings (SSSR count). The van der Waals surface area contributed by atoms with Crippen molar-refractivity contribution in [3.63, 3.8) is 0 Å². The summed E-state index contributed by atoms with van der Waals surface area (Å²) in [4.78, 5) is 27.0. The number of rotatable bonds is 3. The Morgan fingerprint density at radius 3 is 2.95 bits per heavy atom. The van der Waals surface area contributed by atoms with Crippen LogP contribution in [0.25, 0.3) is 0 Å². The Bertz CT molecular complexity index is 716. The van der Waals surface area contributed by atoms with Crippen LogP contribution in [-0.2, 0) is 4.79 Å². The molecule has 21 heavy (non-hydrogen) atoms. The van der Waals surface area contributed by atoms with Gasteiger partial charge in [0.2, 0.25) is 6.10 Å². The second kappa shape index (κ2) is 5.02. The molecule has 1 unspecified atom stereocenters. The van der Waals surface area contributed by atoms with Crippen molar-refractivity contribution in [2.45, 2.75) is 6.10 Å². The molecule has 8 nitrogen and oxygen atoms in total. The molecule has 2 aromatic rings. The molecular formula is C12H9N3O5S. The zero-order valence-corrected chi connectivity index (χ0v) is 11.3. The first-order valence-corrected chi connectivity index (χ1v) is 6.74. The topological polar surface area (TPSA) is 106 Å². The molecular weight excluding hydrogens is 298 g/mol. The second-order valence-corrected chi connectivity index (χ2v) is 5.25. The van der Waals surface area contributed by atoms with Gasteiger partial charge in [0.05, 0.1) is 17.2 Å². The number of carboxylic acids is 1. The van der Waals surface area contributed by atoms with Crippen molar-refractivity contribution in [1.29, 1.82) is 0 Å². The number of nitro groups is 1. The number of nitrogens with zero attached hydrogens (tertiary/aromatic N) is 3. The largest absolute Gasteiger partial charge is 0.478 e. The fourth-order valence-corrected chi connectivity index (χ4v) is 2.77. The predicted molar refractivity (Wildman–Crippen MR) is 74.3 cm³/mol. The monoisotopic (exact) mass is 307 g/mol. The molecule has 108 valence electrons. The average molecular weight is 307 g/mol. The molecule has 0 fully saturated rings. The average Bonchev–Trinajstić information content (AvgIpc) is 2.96. The van der Waals surface area contributed by atoms with E-state index in [9.17, 15) is 14.9 Å². The summed E-state index contributed by atoms with van der Waals surface area (Å²) >= 11 is 0.892. The molecule has 9 heteroatoms. The molecule has 1 atom stereocenters. The van der Waals surface area contributed by atoms with Crippen LogP contribution in [0.3, 0.4) is 0 Å². The molecule has 0 saturated carbocycles. The molecule has 1 aliphatic heterocycles. The number of ether oxygens (including phenoxy) is 1. The molecule has 0 radical (unpaired) electrons. The minimum absolute atomic E-state index is 0.0387. The van der Waals surface area contributed by atoms with Gasteiger partial charge in [0, 0.05) is 0 Å². The highest BCUT2D eigenvalue weighted by Gasteiger charge is 2.33. The molecule has 0 saturated heterocycles. The lowest BCUT2D eigenvalue weighted by Gasteiger charge is -2.32. The number of benzene rings is 1. The zero-order valence-electron chi connectivity index (χ0n) is 10.5. The number of aliphatic carboxylic acids is 1. The van der Waals surface area contributed by atoms with E-state index in [-0.39, 0.29) is 11.5 Å². The van der Waals surface area contributed by atoms with E-state index in [1.54, 1.807) is 29.2 Å². The number of para-hydroxylation sites is 2. The number of thiazole rings is 1. The van der Waals surface area contributed by atoms with E-state index in [4.69, 9.17) is 9.84 Å². The normalized spacial score (nSPS) is 17.0. The zero-order chi connectivity index (χ0) is 15.0. The number of anilines is 2. The van der Waals surface area contributed by atoms with Gasteiger partial charge in [0.25, 0.3) is 0 Å². The number of hydrogen-bond acceptors (Lipinski definition) is 7. The number of carboxylic acid groups (broad SMARTS) is 1. The molecule has 1 aliphatic rings. The maximum Gasteiger partial charge on any atom is 0.346 e. The molecule has 0 spiro atoms. The van der Waals surface area contributed by atoms with Crippen LogP contribution in [-0.4, -0.2) is 33.6 Å². The number of fused-ring (bicyclic) bond motifs is 1. The Morgan fingerprint density at radius 2 is 2.29 bits per heavy atom. The summed E-state index contributed by atoms with van der Waals surface area (Å²) in [5, 5.41) is 20.2. The van der Waals surface area contributed by atoms with Gasteiger partial charge in [-0.25, -0.2) is 9.78 Å². The van der Waals surface area contributed by atoms with Crippen molar-refractivity contribution in [2.75, 3.05) is 11.4 Å². The third kappa shape index (κ3) is 2.38. The lowest BCUT2D eigenvalue weighted by atomic mass is 10.2. The van der Waals surface area contributed by atoms with E-state index >= 15 is 0 Å². The highest BCUT2D eigenvalue weighted by molar-refractivity contribution is 7.18. The smallest absolute Gasteiger partial charge is 0.346 e. The van der Waals surface area contributed by atoms with Crippen LogP contribution in [0, 0.1) is 10.1 Å². The van der Waals surface area contributed by atoms with Crippen molar-refractivity contribution < 1.29 is 19.6 Å². The predicted octanol–water partition coefficient (Wildman–Crippen LogP) is 2.04. The van der Waals surface area contributed by atoms with Gasteiger partial charge >= 0.3 is 11.0 Å². The molecule has 1 aromatic carbocycles. The third-order valence-corrected chi connectivity index (χ3v) is 3.91. The quantitative estimate of drug-likeness (QED) is 0.683. The van der Waals surface area contributed by atoms with Gasteiger partial charge in [-0.2, -0.15) is 0 Å². The Kier molecular flexibility index (Phi) is 3.18. The van der Waals surface area contributed by atoms with Crippen LogP contribution in [0.1, 0.15) is 0 Å². The van der Waals surface area contributed by atoms with Gasteiger partial charge in [0.15, 0.2) is 5.13 Å². The van der Waals surface area contributed by atoms with Crippen molar-refractivity contribution in [3.05, 3.63) is 40.6 Å². The van der Waals surface area contributed by atoms with E-state index in [0.29, 0.717) is 16.6 Å². The lowest BCUT2D eigenvalue weighted by molar-refractivity contribution is -0.380. The van der Waals surface area contributed by atoms with E-state index in [2.05, 4.69) is 4.98 Å². The summed E-state index contributed by atoms with van der Waals surface area (Å²) in [6, 6.07) is 6.91. The Morgan fingerprint density at radius 1 is 1.52 bits per heavy atom. The SMILES string of the molecule is O=C(O)C1CN(c2ncc([N+](=O)[O-])s2)c2ccccc2O1. The number of aromatic nitrogens is 1. The van der Waals surface area contributed by atoms with Gasteiger partial charge in [-0.3, -0.25) is 10.1 Å². The molecule has 0 bridgehead atoms. The molecule has 2 heterocycles. The van der Waals surface area contributed by atoms with Gasteiger partial charge < -0.3 is 14.7 Å². The van der Waals surface area contributed by atoms with Crippen LogP contribution < -0.4 is 9.64 Å².